The molecule has 0 radical (unpaired) electrons. The predicted octanol–water partition coefficient (Wildman–Crippen LogP) is 2.20. The number of carbonyl (C=O) groups is 1. The van der Waals surface area contributed by atoms with Crippen molar-refractivity contribution in [3.63, 3.8) is 0 Å². The number of nitrogens with zero attached hydrogens (tertiary/aromatic N) is 4. The van der Waals surface area contributed by atoms with E-state index in [1.54, 1.807) is 25.3 Å². The molecule has 6 nitrogen and oxygen atoms in total. The lowest BCUT2D eigenvalue weighted by atomic mass is 10.1. The third-order valence-electron chi connectivity index (χ3n) is 4.29. The Kier molecular flexibility index (Phi) is 4.78. The van der Waals surface area contributed by atoms with Crippen LogP contribution >= 0.6 is 11.6 Å². The lowest BCUT2D eigenvalue weighted by Crippen LogP contribution is -2.42. The van der Waals surface area contributed by atoms with Gasteiger partial charge in [-0.05, 0) is 26.1 Å². The zero-order chi connectivity index (χ0) is 17.3. The number of halogens is 1. The van der Waals surface area contributed by atoms with E-state index in [0.29, 0.717) is 27.7 Å². The minimum atomic E-state index is -0.129. The first-order valence-corrected chi connectivity index (χ1v) is 8.25. The lowest BCUT2D eigenvalue weighted by Gasteiger charge is -2.31. The molecular formula is C17H21ClN4O2. The molecule has 24 heavy (non-hydrogen) atoms. The second-order valence-corrected chi connectivity index (χ2v) is 6.41. The van der Waals surface area contributed by atoms with Gasteiger partial charge in [0, 0.05) is 38.4 Å². The molecule has 2 aliphatic rings. The zero-order valence-electron chi connectivity index (χ0n) is 14.1. The van der Waals surface area contributed by atoms with Crippen LogP contribution in [0.4, 0.5) is 5.69 Å². The third-order valence-corrected chi connectivity index (χ3v) is 4.60. The maximum absolute atomic E-state index is 12.8. The average molecular weight is 349 g/mol. The van der Waals surface area contributed by atoms with E-state index in [1.165, 1.54) is 5.01 Å². The number of methoxy groups -OCH3 is 1. The van der Waals surface area contributed by atoms with Gasteiger partial charge in [-0.1, -0.05) is 11.6 Å². The van der Waals surface area contributed by atoms with Crippen molar-refractivity contribution in [3.05, 3.63) is 35.0 Å². The van der Waals surface area contributed by atoms with E-state index in [9.17, 15) is 4.79 Å². The lowest BCUT2D eigenvalue weighted by molar-refractivity contribution is -0.114. The molecule has 0 aromatic heterocycles. The van der Waals surface area contributed by atoms with E-state index in [2.05, 4.69) is 21.9 Å². The van der Waals surface area contributed by atoms with Gasteiger partial charge in [0.1, 0.15) is 5.75 Å². The molecule has 2 heterocycles. The number of benzene rings is 1. The summed E-state index contributed by atoms with van der Waals surface area (Å²) in [5.74, 6) is 0.391. The molecule has 1 amide bonds. The summed E-state index contributed by atoms with van der Waals surface area (Å²) in [6.45, 7) is 5.66. The molecule has 2 aliphatic heterocycles. The molecule has 1 saturated heterocycles. The number of piperazine rings is 1. The van der Waals surface area contributed by atoms with Crippen LogP contribution in [0.25, 0.3) is 0 Å². The Bertz CT molecular complexity index is 709. The summed E-state index contributed by atoms with van der Waals surface area (Å²) in [5, 5.41) is 6.30. The molecule has 0 aliphatic carbocycles. The molecule has 0 saturated carbocycles. The first kappa shape index (κ1) is 16.8. The SMILES string of the molecule is COc1cc(N2N=C(C)/C(=C/N3CCN(C)CC3)C2=O)ccc1Cl. The van der Waals surface area contributed by atoms with Gasteiger partial charge in [0.25, 0.3) is 5.91 Å². The van der Waals surface area contributed by atoms with E-state index in [1.807, 2.05) is 13.1 Å². The monoisotopic (exact) mass is 348 g/mol. The molecule has 1 aromatic carbocycles. The number of amides is 1. The molecule has 7 heteroatoms. The molecule has 1 fully saturated rings. The summed E-state index contributed by atoms with van der Waals surface area (Å²) in [4.78, 5) is 17.2. The van der Waals surface area contributed by atoms with Gasteiger partial charge in [-0.2, -0.15) is 10.1 Å². The van der Waals surface area contributed by atoms with Crippen LogP contribution in [0.2, 0.25) is 5.02 Å². The van der Waals surface area contributed by atoms with E-state index in [-0.39, 0.29) is 5.91 Å². The first-order valence-electron chi connectivity index (χ1n) is 7.87. The second kappa shape index (κ2) is 6.83. The molecule has 0 atom stereocenters. The molecule has 3 rings (SSSR count). The molecule has 0 N–H and O–H groups in total. The minimum absolute atomic E-state index is 0.129. The van der Waals surface area contributed by atoms with Crippen molar-refractivity contribution in [2.75, 3.05) is 45.3 Å². The summed E-state index contributed by atoms with van der Waals surface area (Å²) < 4.78 is 5.22. The summed E-state index contributed by atoms with van der Waals surface area (Å²) in [7, 11) is 3.65. The van der Waals surface area contributed by atoms with Crippen molar-refractivity contribution < 1.29 is 9.53 Å². The van der Waals surface area contributed by atoms with Gasteiger partial charge >= 0.3 is 0 Å². The first-order chi connectivity index (χ1) is 11.5. The van der Waals surface area contributed by atoms with Crippen LogP contribution in [0.15, 0.2) is 35.1 Å². The smallest absolute Gasteiger partial charge is 0.282 e. The quantitative estimate of drug-likeness (QED) is 0.786. The Labute approximate surface area is 146 Å². The summed E-state index contributed by atoms with van der Waals surface area (Å²) in [6.07, 6.45) is 1.93. The molecule has 128 valence electrons. The van der Waals surface area contributed by atoms with E-state index in [4.69, 9.17) is 16.3 Å². The van der Waals surface area contributed by atoms with Crippen molar-refractivity contribution in [1.82, 2.24) is 9.80 Å². The maximum Gasteiger partial charge on any atom is 0.282 e. The number of hydrogen-bond acceptors (Lipinski definition) is 5. The molecule has 0 bridgehead atoms. The van der Waals surface area contributed by atoms with Gasteiger partial charge < -0.3 is 14.5 Å². The highest BCUT2D eigenvalue weighted by atomic mass is 35.5. The number of ether oxygens (including phenoxy) is 1. The normalized spacial score (nSPS) is 20.8. The maximum atomic E-state index is 12.8. The largest absolute Gasteiger partial charge is 0.495 e. The Morgan fingerprint density at radius 1 is 1.25 bits per heavy atom. The predicted molar refractivity (Wildman–Crippen MR) is 95.8 cm³/mol. The van der Waals surface area contributed by atoms with Crippen LogP contribution in [0.5, 0.6) is 5.75 Å². The third kappa shape index (κ3) is 3.25. The Morgan fingerprint density at radius 2 is 1.96 bits per heavy atom. The van der Waals surface area contributed by atoms with Crippen LogP contribution in [-0.2, 0) is 4.79 Å². The summed E-state index contributed by atoms with van der Waals surface area (Å²) in [6, 6.07) is 5.18. The van der Waals surface area contributed by atoms with Gasteiger partial charge in [-0.25, -0.2) is 0 Å². The van der Waals surface area contributed by atoms with Crippen molar-refractivity contribution in [2.45, 2.75) is 6.92 Å². The van der Waals surface area contributed by atoms with Gasteiger partial charge in [0.2, 0.25) is 0 Å². The number of hydrogen-bond donors (Lipinski definition) is 0. The molecule has 0 spiro atoms. The highest BCUT2D eigenvalue weighted by molar-refractivity contribution is 6.32. The van der Waals surface area contributed by atoms with Crippen LogP contribution in [-0.4, -0.2) is 61.8 Å². The van der Waals surface area contributed by atoms with E-state index < -0.39 is 0 Å². The van der Waals surface area contributed by atoms with Crippen molar-refractivity contribution >= 4 is 28.9 Å². The Morgan fingerprint density at radius 3 is 2.62 bits per heavy atom. The number of likely N-dealkylation sites (N-methyl/N-ethyl adjacent to an activating group) is 1. The molecular weight excluding hydrogens is 328 g/mol. The van der Waals surface area contributed by atoms with Crippen molar-refractivity contribution in [1.29, 1.82) is 0 Å². The summed E-state index contributed by atoms with van der Waals surface area (Å²) in [5.41, 5.74) is 1.99. The number of hydrazone groups is 1. The number of anilines is 1. The van der Waals surface area contributed by atoms with Crippen LogP contribution in [0, 0.1) is 0 Å². The Hall–Kier alpha value is -2.05. The van der Waals surface area contributed by atoms with Crippen molar-refractivity contribution in [2.24, 2.45) is 5.10 Å². The van der Waals surface area contributed by atoms with Crippen LogP contribution in [0.1, 0.15) is 6.92 Å². The van der Waals surface area contributed by atoms with Crippen LogP contribution < -0.4 is 9.75 Å². The zero-order valence-corrected chi connectivity index (χ0v) is 14.9. The van der Waals surface area contributed by atoms with E-state index >= 15 is 0 Å². The highest BCUT2D eigenvalue weighted by Gasteiger charge is 2.30. The minimum Gasteiger partial charge on any atom is -0.495 e. The molecule has 1 aromatic rings. The van der Waals surface area contributed by atoms with Gasteiger partial charge in [0.05, 0.1) is 29.1 Å². The topological polar surface area (TPSA) is 48.4 Å². The number of rotatable bonds is 3. The fourth-order valence-electron chi connectivity index (χ4n) is 2.76. The van der Waals surface area contributed by atoms with E-state index in [0.717, 1.165) is 26.2 Å². The fourth-order valence-corrected chi connectivity index (χ4v) is 2.95. The fraction of sp³-hybridized carbons (Fsp3) is 0.412. The summed E-state index contributed by atoms with van der Waals surface area (Å²) >= 11 is 6.05. The van der Waals surface area contributed by atoms with Crippen molar-refractivity contribution in [3.8, 4) is 5.75 Å². The van der Waals surface area contributed by atoms with Gasteiger partial charge in [-0.3, -0.25) is 4.79 Å². The highest BCUT2D eigenvalue weighted by Crippen LogP contribution is 2.32. The van der Waals surface area contributed by atoms with Gasteiger partial charge in [0.15, 0.2) is 0 Å². The van der Waals surface area contributed by atoms with Crippen LogP contribution in [0.3, 0.4) is 0 Å². The standard InChI is InChI=1S/C17H21ClN4O2/c1-12-14(11-21-8-6-20(2)7-9-21)17(23)22(19-12)13-4-5-15(18)16(10-13)24-3/h4-5,10-11H,6-9H2,1-3H3/b14-11-. The Balaban J connectivity index is 1.82. The molecule has 0 unspecified atom stereocenters. The second-order valence-electron chi connectivity index (χ2n) is 6.00. The van der Waals surface area contributed by atoms with Gasteiger partial charge in [-0.15, -0.1) is 0 Å². The average Bonchev–Trinajstić information content (AvgIpc) is 2.85. The number of carbonyl (C=O) groups excluding carboxylic acids is 1.